The summed E-state index contributed by atoms with van der Waals surface area (Å²) >= 11 is 0. The maximum Gasteiger partial charge on any atom is 0.103 e. The van der Waals surface area contributed by atoms with Crippen LogP contribution in [0.4, 0.5) is 0 Å². The van der Waals surface area contributed by atoms with Crippen molar-refractivity contribution < 1.29 is 9.47 Å². The molecule has 0 radical (unpaired) electrons. The van der Waals surface area contributed by atoms with Crippen LogP contribution in [0.2, 0.25) is 0 Å². The van der Waals surface area contributed by atoms with E-state index in [4.69, 9.17) is 14.7 Å². The molecule has 18 heavy (non-hydrogen) atoms. The van der Waals surface area contributed by atoms with Crippen molar-refractivity contribution in [2.75, 3.05) is 26.9 Å². The van der Waals surface area contributed by atoms with E-state index in [0.29, 0.717) is 6.10 Å². The van der Waals surface area contributed by atoms with Crippen LogP contribution in [0.25, 0.3) is 0 Å². The molecule has 2 unspecified atom stereocenters. The summed E-state index contributed by atoms with van der Waals surface area (Å²) in [5.74, 6) is 0. The third-order valence-electron chi connectivity index (χ3n) is 3.59. The van der Waals surface area contributed by atoms with E-state index >= 15 is 0 Å². The quantitative estimate of drug-likeness (QED) is 0.675. The molecule has 1 heterocycles. The number of hydrogen-bond donors (Lipinski definition) is 1. The molecule has 1 saturated heterocycles. The molecule has 0 saturated carbocycles. The van der Waals surface area contributed by atoms with Crippen LogP contribution in [0.1, 0.15) is 45.4 Å². The Balaban J connectivity index is 1.97. The molecule has 1 fully saturated rings. The number of rotatable bonds is 8. The molecule has 4 nitrogen and oxygen atoms in total. The lowest BCUT2D eigenvalue weighted by atomic mass is 9.97. The molecule has 1 aliphatic heterocycles. The first-order valence-electron chi connectivity index (χ1n) is 7.00. The van der Waals surface area contributed by atoms with Crippen molar-refractivity contribution in [2.45, 2.75) is 57.1 Å². The molecule has 4 heteroatoms. The Labute approximate surface area is 111 Å². The molecule has 1 rings (SSSR count). The molecule has 1 aliphatic rings. The zero-order valence-electron chi connectivity index (χ0n) is 11.7. The van der Waals surface area contributed by atoms with Crippen LogP contribution >= 0.6 is 0 Å². The van der Waals surface area contributed by atoms with Gasteiger partial charge in [0.05, 0.1) is 18.8 Å². The highest BCUT2D eigenvalue weighted by molar-refractivity contribution is 5.02. The lowest BCUT2D eigenvalue weighted by Gasteiger charge is -2.22. The number of nitrogens with zero attached hydrogens (tertiary/aromatic N) is 1. The van der Waals surface area contributed by atoms with Gasteiger partial charge in [-0.3, -0.25) is 0 Å². The van der Waals surface area contributed by atoms with Crippen LogP contribution in [0.3, 0.4) is 0 Å². The van der Waals surface area contributed by atoms with Crippen molar-refractivity contribution >= 4 is 0 Å². The van der Waals surface area contributed by atoms with E-state index in [1.54, 1.807) is 0 Å². The van der Waals surface area contributed by atoms with Crippen molar-refractivity contribution in [3.8, 4) is 6.07 Å². The van der Waals surface area contributed by atoms with E-state index in [1.165, 1.54) is 12.8 Å². The second kappa shape index (κ2) is 8.47. The number of nitrogens with one attached hydrogen (secondary N) is 1. The Morgan fingerprint density at radius 3 is 2.89 bits per heavy atom. The molecule has 104 valence electrons. The van der Waals surface area contributed by atoms with Gasteiger partial charge in [0.2, 0.25) is 0 Å². The van der Waals surface area contributed by atoms with Gasteiger partial charge in [0, 0.05) is 13.2 Å². The molecule has 1 N–H and O–H groups in total. The first-order chi connectivity index (χ1) is 8.70. The smallest absolute Gasteiger partial charge is 0.103 e. The Morgan fingerprint density at radius 1 is 1.44 bits per heavy atom. The molecule has 2 atom stereocenters. The topological polar surface area (TPSA) is 54.3 Å². The summed E-state index contributed by atoms with van der Waals surface area (Å²) in [6.07, 6.45) is 6.77. The van der Waals surface area contributed by atoms with Gasteiger partial charge in [-0.05, 0) is 52.5 Å². The fourth-order valence-electron chi connectivity index (χ4n) is 2.07. The lowest BCUT2D eigenvalue weighted by Crippen LogP contribution is -2.37. The van der Waals surface area contributed by atoms with Crippen LogP contribution in [0, 0.1) is 11.3 Å². The lowest BCUT2D eigenvalue weighted by molar-refractivity contribution is -0.0412. The van der Waals surface area contributed by atoms with Gasteiger partial charge >= 0.3 is 0 Å². The number of ether oxygens (including phenoxy) is 2. The van der Waals surface area contributed by atoms with Gasteiger partial charge in [0.15, 0.2) is 0 Å². The molecule has 0 aromatic rings. The highest BCUT2D eigenvalue weighted by Gasteiger charge is 2.20. The minimum Gasteiger partial charge on any atom is -0.379 e. The van der Waals surface area contributed by atoms with Gasteiger partial charge in [-0.2, -0.15) is 5.26 Å². The average Bonchev–Trinajstić information content (AvgIpc) is 2.43. The van der Waals surface area contributed by atoms with Crippen LogP contribution in [-0.2, 0) is 9.47 Å². The van der Waals surface area contributed by atoms with Crippen molar-refractivity contribution in [1.29, 1.82) is 5.26 Å². The SMILES string of the molecule is CNC(C)(C#N)CCCCOCC1CCCCO1. The molecular formula is C14H26N2O2. The average molecular weight is 254 g/mol. The summed E-state index contributed by atoms with van der Waals surface area (Å²) < 4.78 is 11.2. The zero-order valence-corrected chi connectivity index (χ0v) is 11.7. The van der Waals surface area contributed by atoms with E-state index in [2.05, 4.69) is 11.4 Å². The fourth-order valence-corrected chi connectivity index (χ4v) is 2.07. The second-order valence-electron chi connectivity index (χ2n) is 5.21. The molecule has 0 amide bonds. The first-order valence-corrected chi connectivity index (χ1v) is 7.00. The third kappa shape index (κ3) is 5.81. The fraction of sp³-hybridized carbons (Fsp3) is 0.929. The van der Waals surface area contributed by atoms with E-state index in [0.717, 1.165) is 45.5 Å². The monoisotopic (exact) mass is 254 g/mol. The normalized spacial score (nSPS) is 23.3. The van der Waals surface area contributed by atoms with Crippen molar-refractivity contribution in [2.24, 2.45) is 0 Å². The summed E-state index contributed by atoms with van der Waals surface area (Å²) in [6, 6.07) is 2.30. The largest absolute Gasteiger partial charge is 0.379 e. The molecule has 0 spiro atoms. The highest BCUT2D eigenvalue weighted by atomic mass is 16.5. The summed E-state index contributed by atoms with van der Waals surface area (Å²) in [5, 5.41) is 12.0. The standard InChI is InChI=1S/C14H26N2O2/c1-14(12-15,16-2)8-4-6-9-17-11-13-7-3-5-10-18-13/h13,16H,3-11H2,1-2H3. The Kier molecular flexibility index (Phi) is 7.26. The second-order valence-corrected chi connectivity index (χ2v) is 5.21. The molecule has 0 bridgehead atoms. The van der Waals surface area contributed by atoms with Crippen LogP contribution < -0.4 is 5.32 Å². The number of hydrogen-bond acceptors (Lipinski definition) is 4. The van der Waals surface area contributed by atoms with Crippen molar-refractivity contribution in [3.63, 3.8) is 0 Å². The van der Waals surface area contributed by atoms with Crippen molar-refractivity contribution in [3.05, 3.63) is 0 Å². The number of unbranched alkanes of at least 4 members (excludes halogenated alkanes) is 1. The molecule has 0 aromatic heterocycles. The Hall–Kier alpha value is -0.630. The summed E-state index contributed by atoms with van der Waals surface area (Å²) in [7, 11) is 1.83. The minimum atomic E-state index is -0.396. The summed E-state index contributed by atoms with van der Waals surface area (Å²) in [4.78, 5) is 0. The predicted octanol–water partition coefficient (Wildman–Crippen LogP) is 2.24. The van der Waals surface area contributed by atoms with Crippen LogP contribution in [-0.4, -0.2) is 38.5 Å². The maximum absolute atomic E-state index is 9.00. The molecular weight excluding hydrogens is 228 g/mol. The molecule has 0 aromatic carbocycles. The van der Waals surface area contributed by atoms with E-state index in [9.17, 15) is 0 Å². The van der Waals surface area contributed by atoms with Gasteiger partial charge in [-0.15, -0.1) is 0 Å². The minimum absolute atomic E-state index is 0.306. The maximum atomic E-state index is 9.00. The van der Waals surface area contributed by atoms with E-state index in [-0.39, 0.29) is 0 Å². The predicted molar refractivity (Wildman–Crippen MR) is 71.3 cm³/mol. The van der Waals surface area contributed by atoms with Crippen molar-refractivity contribution in [1.82, 2.24) is 5.32 Å². The first kappa shape index (κ1) is 15.4. The number of nitriles is 1. The van der Waals surface area contributed by atoms with E-state index < -0.39 is 5.54 Å². The zero-order chi connectivity index (χ0) is 13.3. The van der Waals surface area contributed by atoms with Gasteiger partial charge < -0.3 is 14.8 Å². The van der Waals surface area contributed by atoms with Gasteiger partial charge in [-0.25, -0.2) is 0 Å². The Morgan fingerprint density at radius 2 is 2.28 bits per heavy atom. The van der Waals surface area contributed by atoms with E-state index in [1.807, 2.05) is 14.0 Å². The van der Waals surface area contributed by atoms with Gasteiger partial charge in [0.25, 0.3) is 0 Å². The highest BCUT2D eigenvalue weighted by Crippen LogP contribution is 2.14. The van der Waals surface area contributed by atoms with Gasteiger partial charge in [0.1, 0.15) is 5.54 Å². The van der Waals surface area contributed by atoms with Crippen LogP contribution in [0.5, 0.6) is 0 Å². The summed E-state index contributed by atoms with van der Waals surface area (Å²) in [6.45, 7) is 4.31. The summed E-state index contributed by atoms with van der Waals surface area (Å²) in [5.41, 5.74) is -0.396. The van der Waals surface area contributed by atoms with Crippen LogP contribution in [0.15, 0.2) is 0 Å². The Bertz CT molecular complexity index is 259. The third-order valence-corrected chi connectivity index (χ3v) is 3.59. The van der Waals surface area contributed by atoms with Gasteiger partial charge in [-0.1, -0.05) is 0 Å². The molecule has 0 aliphatic carbocycles.